The fourth-order valence-electron chi connectivity index (χ4n) is 1.61. The van der Waals surface area contributed by atoms with E-state index in [-0.39, 0.29) is 29.2 Å². The van der Waals surface area contributed by atoms with E-state index < -0.39 is 6.03 Å². The molecule has 1 aromatic heterocycles. The van der Waals surface area contributed by atoms with E-state index in [0.717, 1.165) is 4.90 Å². The van der Waals surface area contributed by atoms with Gasteiger partial charge >= 0.3 is 6.03 Å². The number of urea groups is 1. The highest BCUT2D eigenvalue weighted by atomic mass is 35.5. The lowest BCUT2D eigenvalue weighted by molar-refractivity contribution is -0.116. The molecule has 2 rings (SSSR count). The number of rotatable bonds is 2. The number of hydrogen-bond donors (Lipinski definition) is 0. The summed E-state index contributed by atoms with van der Waals surface area (Å²) in [6.45, 7) is 3.80. The maximum Gasteiger partial charge on any atom is 0.332 e. The zero-order chi connectivity index (χ0) is 12.7. The molecule has 0 aromatic carbocycles. The van der Waals surface area contributed by atoms with Gasteiger partial charge in [0.25, 0.3) is 5.91 Å². The van der Waals surface area contributed by atoms with Crippen LogP contribution in [-0.4, -0.2) is 35.6 Å². The molecule has 0 saturated carbocycles. The normalized spacial score (nSPS) is 16.5. The lowest BCUT2D eigenvalue weighted by Gasteiger charge is -2.10. The molecule has 0 spiro atoms. The molecule has 1 aromatic rings. The van der Waals surface area contributed by atoms with Crippen molar-refractivity contribution in [3.05, 3.63) is 10.8 Å². The van der Waals surface area contributed by atoms with Crippen LogP contribution in [0.1, 0.15) is 25.5 Å². The van der Waals surface area contributed by atoms with Gasteiger partial charge in [-0.1, -0.05) is 30.6 Å². The van der Waals surface area contributed by atoms with Gasteiger partial charge in [0.05, 0.1) is 0 Å². The fraction of sp³-hybridized carbons (Fsp3) is 0.500. The Labute approximate surface area is 103 Å². The van der Waals surface area contributed by atoms with Gasteiger partial charge in [-0.3, -0.25) is 4.79 Å². The van der Waals surface area contributed by atoms with Crippen LogP contribution in [0.15, 0.2) is 4.52 Å². The van der Waals surface area contributed by atoms with Crippen LogP contribution in [0.3, 0.4) is 0 Å². The zero-order valence-electron chi connectivity index (χ0n) is 9.73. The number of aromatic nitrogens is 1. The van der Waals surface area contributed by atoms with E-state index in [9.17, 15) is 9.59 Å². The second kappa shape index (κ2) is 4.03. The Balaban J connectivity index is 2.41. The van der Waals surface area contributed by atoms with E-state index in [4.69, 9.17) is 16.1 Å². The number of likely N-dealkylation sites (N-methyl/N-ethyl adjacent to an activating group) is 1. The molecular weight excluding hydrogens is 246 g/mol. The Morgan fingerprint density at radius 3 is 2.47 bits per heavy atom. The Kier molecular flexibility index (Phi) is 2.82. The lowest BCUT2D eigenvalue weighted by atomic mass is 10.1. The van der Waals surface area contributed by atoms with Gasteiger partial charge in [0.2, 0.25) is 5.82 Å². The molecule has 6 nitrogen and oxygen atoms in total. The van der Waals surface area contributed by atoms with Gasteiger partial charge in [-0.25, -0.2) is 9.69 Å². The van der Waals surface area contributed by atoms with Gasteiger partial charge in [-0.05, 0) is 0 Å². The number of hydrogen-bond acceptors (Lipinski definition) is 4. The predicted octanol–water partition coefficient (Wildman–Crippen LogP) is 1.85. The standard InChI is InChI=1S/C10H12ClN3O3/c1-5(2)8-7(11)9(12-17-8)14-6(15)4-13(3)10(14)16/h5H,4H2,1-3H3. The molecule has 1 saturated heterocycles. The SMILES string of the molecule is CC(C)c1onc(N2C(=O)CN(C)C2=O)c1Cl. The number of nitrogens with zero attached hydrogens (tertiary/aromatic N) is 3. The smallest absolute Gasteiger partial charge is 0.332 e. The molecule has 3 amide bonds. The molecule has 0 atom stereocenters. The monoisotopic (exact) mass is 257 g/mol. The van der Waals surface area contributed by atoms with Gasteiger partial charge in [-0.2, -0.15) is 0 Å². The van der Waals surface area contributed by atoms with Crippen LogP contribution in [0.4, 0.5) is 10.6 Å². The number of halogens is 1. The van der Waals surface area contributed by atoms with Crippen molar-refractivity contribution in [1.82, 2.24) is 10.1 Å². The van der Waals surface area contributed by atoms with E-state index in [0.29, 0.717) is 5.76 Å². The molecule has 1 aliphatic heterocycles. The highest BCUT2D eigenvalue weighted by Gasteiger charge is 2.39. The molecule has 0 aliphatic carbocycles. The summed E-state index contributed by atoms with van der Waals surface area (Å²) >= 11 is 6.06. The maximum atomic E-state index is 11.7. The highest BCUT2D eigenvalue weighted by molar-refractivity contribution is 6.35. The van der Waals surface area contributed by atoms with E-state index >= 15 is 0 Å². The average molecular weight is 258 g/mol. The molecule has 0 unspecified atom stereocenters. The zero-order valence-corrected chi connectivity index (χ0v) is 10.5. The lowest BCUT2D eigenvalue weighted by Crippen LogP contribution is -2.31. The molecule has 17 heavy (non-hydrogen) atoms. The minimum atomic E-state index is -0.444. The fourth-order valence-corrected chi connectivity index (χ4v) is 1.98. The van der Waals surface area contributed by atoms with Crippen LogP contribution in [0.25, 0.3) is 0 Å². The summed E-state index contributed by atoms with van der Waals surface area (Å²) in [6, 6.07) is -0.444. The van der Waals surface area contributed by atoms with Crippen LogP contribution >= 0.6 is 11.6 Å². The van der Waals surface area contributed by atoms with Gasteiger partial charge in [-0.15, -0.1) is 0 Å². The summed E-state index contributed by atoms with van der Waals surface area (Å²) in [5, 5.41) is 3.92. The first-order valence-corrected chi connectivity index (χ1v) is 5.54. The largest absolute Gasteiger partial charge is 0.357 e. The van der Waals surface area contributed by atoms with E-state index in [1.54, 1.807) is 0 Å². The Hall–Kier alpha value is -1.56. The average Bonchev–Trinajstić information content (AvgIpc) is 2.70. The molecule has 2 heterocycles. The van der Waals surface area contributed by atoms with Gasteiger partial charge in [0, 0.05) is 13.0 Å². The van der Waals surface area contributed by atoms with Crippen LogP contribution in [-0.2, 0) is 4.79 Å². The number of anilines is 1. The van der Waals surface area contributed by atoms with Crippen molar-refractivity contribution in [1.29, 1.82) is 0 Å². The Morgan fingerprint density at radius 1 is 1.41 bits per heavy atom. The Morgan fingerprint density at radius 2 is 2.06 bits per heavy atom. The van der Waals surface area contributed by atoms with Crippen LogP contribution in [0.5, 0.6) is 0 Å². The van der Waals surface area contributed by atoms with E-state index in [1.165, 1.54) is 11.9 Å². The van der Waals surface area contributed by atoms with Crippen molar-refractivity contribution >= 4 is 29.4 Å². The molecule has 7 heteroatoms. The summed E-state index contributed by atoms with van der Waals surface area (Å²) in [7, 11) is 1.54. The van der Waals surface area contributed by atoms with Crippen molar-refractivity contribution in [2.45, 2.75) is 19.8 Å². The van der Waals surface area contributed by atoms with E-state index in [2.05, 4.69) is 5.16 Å². The summed E-state index contributed by atoms with van der Waals surface area (Å²) < 4.78 is 5.05. The molecule has 1 fully saturated rings. The van der Waals surface area contributed by atoms with Crippen molar-refractivity contribution in [3.8, 4) is 0 Å². The second-order valence-electron chi connectivity index (χ2n) is 4.21. The number of carbonyl (C=O) groups is 2. The maximum absolute atomic E-state index is 11.7. The summed E-state index contributed by atoms with van der Waals surface area (Å²) in [5.41, 5.74) is 0. The molecular formula is C10H12ClN3O3. The molecule has 1 aliphatic rings. The summed E-state index contributed by atoms with van der Waals surface area (Å²) in [6.07, 6.45) is 0. The highest BCUT2D eigenvalue weighted by Crippen LogP contribution is 2.34. The van der Waals surface area contributed by atoms with Crippen molar-refractivity contribution < 1.29 is 14.1 Å². The molecule has 92 valence electrons. The van der Waals surface area contributed by atoms with Crippen LogP contribution < -0.4 is 4.90 Å². The van der Waals surface area contributed by atoms with Crippen molar-refractivity contribution in [3.63, 3.8) is 0 Å². The summed E-state index contributed by atoms with van der Waals surface area (Å²) in [5.74, 6) is 0.226. The van der Waals surface area contributed by atoms with Crippen molar-refractivity contribution in [2.75, 3.05) is 18.5 Å². The molecule has 0 N–H and O–H groups in total. The first-order chi connectivity index (χ1) is 7.93. The molecule has 0 bridgehead atoms. The molecule has 0 radical (unpaired) electrons. The van der Waals surface area contributed by atoms with Gasteiger partial charge in [0.15, 0.2) is 5.76 Å². The third kappa shape index (κ3) is 1.78. The first kappa shape index (κ1) is 11.9. The van der Waals surface area contributed by atoms with E-state index in [1.807, 2.05) is 13.8 Å². The van der Waals surface area contributed by atoms with Gasteiger partial charge < -0.3 is 9.42 Å². The third-order valence-corrected chi connectivity index (χ3v) is 2.87. The summed E-state index contributed by atoms with van der Waals surface area (Å²) in [4.78, 5) is 25.6. The van der Waals surface area contributed by atoms with Crippen molar-refractivity contribution in [2.24, 2.45) is 0 Å². The quantitative estimate of drug-likeness (QED) is 0.759. The van der Waals surface area contributed by atoms with Crippen LogP contribution in [0, 0.1) is 0 Å². The Bertz CT molecular complexity index is 483. The number of imide groups is 1. The minimum absolute atomic E-state index is 0.0268. The van der Waals surface area contributed by atoms with Crippen LogP contribution in [0.2, 0.25) is 5.02 Å². The topological polar surface area (TPSA) is 66.7 Å². The second-order valence-corrected chi connectivity index (χ2v) is 4.58. The minimum Gasteiger partial charge on any atom is -0.357 e. The first-order valence-electron chi connectivity index (χ1n) is 5.16. The van der Waals surface area contributed by atoms with Gasteiger partial charge in [0.1, 0.15) is 11.6 Å². The third-order valence-electron chi connectivity index (χ3n) is 2.52. The number of carbonyl (C=O) groups excluding carboxylic acids is 2. The number of amides is 3. The predicted molar refractivity (Wildman–Crippen MR) is 61.1 cm³/mol.